The maximum absolute atomic E-state index is 11.9. The van der Waals surface area contributed by atoms with Gasteiger partial charge in [-0.15, -0.1) is 0 Å². The first kappa shape index (κ1) is 15.6. The molecule has 7 heteroatoms. The Kier molecular flexibility index (Phi) is 4.68. The zero-order valence-corrected chi connectivity index (χ0v) is 14.1. The number of nitrogens with one attached hydrogen (secondary N) is 2. The van der Waals surface area contributed by atoms with Crippen molar-refractivity contribution in [3.05, 3.63) is 46.2 Å². The summed E-state index contributed by atoms with van der Waals surface area (Å²) in [4.78, 5) is 28.1. The Bertz CT molecular complexity index is 840. The molecule has 0 saturated heterocycles. The van der Waals surface area contributed by atoms with Gasteiger partial charge in [0.2, 0.25) is 5.91 Å². The highest BCUT2D eigenvalue weighted by atomic mass is 32.1. The number of thiazole rings is 1. The molecule has 0 spiro atoms. The van der Waals surface area contributed by atoms with Crippen molar-refractivity contribution in [2.45, 2.75) is 13.3 Å². The van der Waals surface area contributed by atoms with Gasteiger partial charge in [0, 0.05) is 23.9 Å². The minimum Gasteiger partial charge on any atom is -0.351 e. The van der Waals surface area contributed by atoms with E-state index in [-0.39, 0.29) is 18.2 Å². The zero-order chi connectivity index (χ0) is 16.2. The molecule has 0 bridgehead atoms. The number of hydrogen-bond acceptors (Lipinski definition) is 5. The van der Waals surface area contributed by atoms with Crippen LogP contribution in [-0.2, 0) is 4.79 Å². The van der Waals surface area contributed by atoms with Crippen molar-refractivity contribution in [2.75, 3.05) is 11.9 Å². The van der Waals surface area contributed by atoms with Gasteiger partial charge in [-0.25, -0.2) is 4.98 Å². The second-order valence-electron chi connectivity index (χ2n) is 5.06. The van der Waals surface area contributed by atoms with Crippen molar-refractivity contribution in [1.82, 2.24) is 10.3 Å². The van der Waals surface area contributed by atoms with E-state index in [0.29, 0.717) is 17.2 Å². The van der Waals surface area contributed by atoms with Crippen LogP contribution in [0.4, 0.5) is 5.13 Å². The fourth-order valence-corrected chi connectivity index (χ4v) is 3.67. The van der Waals surface area contributed by atoms with Crippen LogP contribution in [0.2, 0.25) is 0 Å². The third kappa shape index (κ3) is 3.94. The van der Waals surface area contributed by atoms with Crippen LogP contribution in [-0.4, -0.2) is 23.3 Å². The van der Waals surface area contributed by atoms with Gasteiger partial charge in [-0.1, -0.05) is 17.4 Å². The minimum absolute atomic E-state index is 0.158. The van der Waals surface area contributed by atoms with Crippen molar-refractivity contribution in [2.24, 2.45) is 0 Å². The summed E-state index contributed by atoms with van der Waals surface area (Å²) in [5.74, 6) is -0.319. The highest BCUT2D eigenvalue weighted by Crippen LogP contribution is 2.26. The molecule has 3 rings (SSSR count). The largest absolute Gasteiger partial charge is 0.351 e. The van der Waals surface area contributed by atoms with Crippen molar-refractivity contribution < 1.29 is 9.59 Å². The summed E-state index contributed by atoms with van der Waals surface area (Å²) in [5, 5.41) is 9.71. The average molecular weight is 345 g/mol. The molecule has 3 aromatic rings. The van der Waals surface area contributed by atoms with Crippen LogP contribution in [0.1, 0.15) is 22.3 Å². The summed E-state index contributed by atoms with van der Waals surface area (Å²) >= 11 is 2.91. The number of fused-ring (bicyclic) bond motifs is 1. The summed E-state index contributed by atoms with van der Waals surface area (Å²) in [6, 6.07) is 7.73. The number of anilines is 1. The van der Waals surface area contributed by atoms with Gasteiger partial charge in [0.15, 0.2) is 5.13 Å². The van der Waals surface area contributed by atoms with Crippen molar-refractivity contribution in [1.29, 1.82) is 0 Å². The maximum Gasteiger partial charge on any atom is 0.252 e. The third-order valence-corrected chi connectivity index (χ3v) is 4.83. The quantitative estimate of drug-likeness (QED) is 0.744. The van der Waals surface area contributed by atoms with Gasteiger partial charge in [0.1, 0.15) is 0 Å². The Morgan fingerprint density at radius 3 is 2.91 bits per heavy atom. The van der Waals surface area contributed by atoms with Gasteiger partial charge in [-0.2, -0.15) is 11.3 Å². The number of benzene rings is 1. The second kappa shape index (κ2) is 6.89. The molecule has 0 unspecified atom stereocenters. The molecule has 5 nitrogen and oxygen atoms in total. The lowest BCUT2D eigenvalue weighted by Gasteiger charge is -2.03. The number of aromatic nitrogens is 1. The molecule has 118 valence electrons. The van der Waals surface area contributed by atoms with Crippen LogP contribution >= 0.6 is 22.7 Å². The number of nitrogens with zero attached hydrogens (tertiary/aromatic N) is 1. The molecule has 23 heavy (non-hydrogen) atoms. The molecular weight excluding hydrogens is 330 g/mol. The normalized spacial score (nSPS) is 10.7. The van der Waals surface area contributed by atoms with Gasteiger partial charge < -0.3 is 10.6 Å². The Labute approximate surface area is 141 Å². The van der Waals surface area contributed by atoms with E-state index in [0.717, 1.165) is 15.8 Å². The first-order valence-electron chi connectivity index (χ1n) is 7.09. The van der Waals surface area contributed by atoms with Crippen LogP contribution in [0.3, 0.4) is 0 Å². The SMILES string of the molecule is Cc1ccc2nc(NC(=O)CCNC(=O)c3ccsc3)sc2c1. The van der Waals surface area contributed by atoms with E-state index in [1.807, 2.05) is 30.5 Å². The molecule has 0 aliphatic carbocycles. The number of hydrogen-bond donors (Lipinski definition) is 2. The van der Waals surface area contributed by atoms with Crippen LogP contribution < -0.4 is 10.6 Å². The lowest BCUT2D eigenvalue weighted by Crippen LogP contribution is -2.27. The van der Waals surface area contributed by atoms with Gasteiger partial charge in [-0.3, -0.25) is 9.59 Å². The van der Waals surface area contributed by atoms with Crippen LogP contribution in [0.5, 0.6) is 0 Å². The van der Waals surface area contributed by atoms with E-state index in [1.165, 1.54) is 22.7 Å². The first-order valence-corrected chi connectivity index (χ1v) is 8.85. The van der Waals surface area contributed by atoms with Crippen molar-refractivity contribution in [3.8, 4) is 0 Å². The molecule has 0 radical (unpaired) electrons. The minimum atomic E-state index is -0.161. The molecule has 1 aromatic carbocycles. The van der Waals surface area contributed by atoms with Gasteiger partial charge in [-0.05, 0) is 36.1 Å². The van der Waals surface area contributed by atoms with E-state index in [4.69, 9.17) is 0 Å². The summed E-state index contributed by atoms with van der Waals surface area (Å²) < 4.78 is 1.05. The number of carbonyl (C=O) groups is 2. The number of rotatable bonds is 5. The summed E-state index contributed by atoms with van der Waals surface area (Å²) in [6.45, 7) is 2.32. The van der Waals surface area contributed by atoms with E-state index in [9.17, 15) is 9.59 Å². The summed E-state index contributed by atoms with van der Waals surface area (Å²) in [7, 11) is 0. The molecule has 2 heterocycles. The first-order chi connectivity index (χ1) is 11.1. The Hall–Kier alpha value is -2.25. The lowest BCUT2D eigenvalue weighted by molar-refractivity contribution is -0.116. The van der Waals surface area contributed by atoms with Crippen molar-refractivity contribution in [3.63, 3.8) is 0 Å². The molecule has 0 fully saturated rings. The van der Waals surface area contributed by atoms with Gasteiger partial charge >= 0.3 is 0 Å². The Morgan fingerprint density at radius 1 is 1.26 bits per heavy atom. The fourth-order valence-electron chi connectivity index (χ4n) is 2.05. The van der Waals surface area contributed by atoms with Crippen LogP contribution in [0.25, 0.3) is 10.2 Å². The standard InChI is InChI=1S/C16H15N3O2S2/c1-10-2-3-12-13(8-10)23-16(18-12)19-14(20)4-6-17-15(21)11-5-7-22-9-11/h2-3,5,7-9H,4,6H2,1H3,(H,17,21)(H,18,19,20). The highest BCUT2D eigenvalue weighted by Gasteiger charge is 2.09. The molecule has 0 aliphatic rings. The van der Waals surface area contributed by atoms with E-state index >= 15 is 0 Å². The number of aryl methyl sites for hydroxylation is 1. The lowest BCUT2D eigenvalue weighted by atomic mass is 10.2. The second-order valence-corrected chi connectivity index (χ2v) is 6.87. The van der Waals surface area contributed by atoms with Crippen molar-refractivity contribution >= 4 is 49.8 Å². The van der Waals surface area contributed by atoms with E-state index in [2.05, 4.69) is 15.6 Å². The summed E-state index contributed by atoms with van der Waals surface area (Å²) in [6.07, 6.45) is 0.213. The zero-order valence-electron chi connectivity index (χ0n) is 12.5. The molecule has 0 saturated carbocycles. The monoisotopic (exact) mass is 345 g/mol. The Balaban J connectivity index is 1.51. The molecular formula is C16H15N3O2S2. The molecule has 2 N–H and O–H groups in total. The molecule has 0 aliphatic heterocycles. The molecule has 0 atom stereocenters. The molecule has 2 amide bonds. The van der Waals surface area contributed by atoms with E-state index < -0.39 is 0 Å². The smallest absolute Gasteiger partial charge is 0.252 e. The highest BCUT2D eigenvalue weighted by molar-refractivity contribution is 7.22. The van der Waals surface area contributed by atoms with Crippen LogP contribution in [0, 0.1) is 6.92 Å². The number of amides is 2. The number of thiophene rings is 1. The average Bonchev–Trinajstić information content (AvgIpc) is 3.15. The predicted octanol–water partition coefficient (Wildman–Crippen LogP) is 3.42. The predicted molar refractivity (Wildman–Crippen MR) is 94.3 cm³/mol. The van der Waals surface area contributed by atoms with Gasteiger partial charge in [0.05, 0.1) is 10.2 Å². The molecule has 2 aromatic heterocycles. The van der Waals surface area contributed by atoms with Gasteiger partial charge in [0.25, 0.3) is 5.91 Å². The third-order valence-electron chi connectivity index (χ3n) is 3.21. The summed E-state index contributed by atoms with van der Waals surface area (Å²) in [5.41, 5.74) is 2.66. The maximum atomic E-state index is 11.9. The van der Waals surface area contributed by atoms with E-state index in [1.54, 1.807) is 11.4 Å². The topological polar surface area (TPSA) is 71.1 Å². The Morgan fingerprint density at radius 2 is 2.13 bits per heavy atom. The van der Waals surface area contributed by atoms with Crippen LogP contribution in [0.15, 0.2) is 35.0 Å². The number of carbonyl (C=O) groups excluding carboxylic acids is 2. The fraction of sp³-hybridized carbons (Fsp3) is 0.188.